The average molecular weight is 194 g/mol. The predicted octanol–water partition coefficient (Wildman–Crippen LogP) is 1.43. The van der Waals surface area contributed by atoms with E-state index in [1.807, 2.05) is 13.8 Å². The van der Waals surface area contributed by atoms with Gasteiger partial charge >= 0.3 is 5.97 Å². The normalized spacial score (nSPS) is 47.7. The van der Waals surface area contributed by atoms with E-state index in [0.29, 0.717) is 6.42 Å². The SMILES string of the molecule is CC1(C)OC(=O)CC12CC1C=CC2O1. The van der Waals surface area contributed by atoms with Crippen LogP contribution in [0.5, 0.6) is 0 Å². The van der Waals surface area contributed by atoms with Gasteiger partial charge in [-0.1, -0.05) is 12.2 Å². The Hall–Kier alpha value is -0.830. The molecule has 0 aromatic heterocycles. The Kier molecular flexibility index (Phi) is 1.34. The minimum Gasteiger partial charge on any atom is -0.459 e. The zero-order chi connectivity index (χ0) is 9.97. The third kappa shape index (κ3) is 0.793. The molecule has 3 nitrogen and oxygen atoms in total. The minimum atomic E-state index is -0.381. The van der Waals surface area contributed by atoms with Crippen LogP contribution in [0.4, 0.5) is 0 Å². The zero-order valence-corrected chi connectivity index (χ0v) is 8.45. The first-order valence-corrected chi connectivity index (χ1v) is 5.09. The highest BCUT2D eigenvalue weighted by Gasteiger charge is 2.64. The van der Waals surface area contributed by atoms with E-state index in [-0.39, 0.29) is 29.2 Å². The molecule has 3 aliphatic rings. The van der Waals surface area contributed by atoms with Crippen LogP contribution in [0.25, 0.3) is 0 Å². The van der Waals surface area contributed by atoms with E-state index in [4.69, 9.17) is 9.47 Å². The fourth-order valence-corrected chi connectivity index (χ4v) is 3.06. The molecule has 3 aliphatic heterocycles. The smallest absolute Gasteiger partial charge is 0.307 e. The van der Waals surface area contributed by atoms with Gasteiger partial charge in [0, 0.05) is 0 Å². The van der Waals surface area contributed by atoms with E-state index in [0.717, 1.165) is 6.42 Å². The van der Waals surface area contributed by atoms with Crippen molar-refractivity contribution in [3.8, 4) is 0 Å². The summed E-state index contributed by atoms with van der Waals surface area (Å²) in [5.41, 5.74) is -0.488. The van der Waals surface area contributed by atoms with Gasteiger partial charge in [0.25, 0.3) is 0 Å². The molecule has 3 atom stereocenters. The van der Waals surface area contributed by atoms with Gasteiger partial charge in [-0.25, -0.2) is 0 Å². The van der Waals surface area contributed by atoms with Gasteiger partial charge in [-0.2, -0.15) is 0 Å². The van der Waals surface area contributed by atoms with E-state index < -0.39 is 0 Å². The van der Waals surface area contributed by atoms with E-state index >= 15 is 0 Å². The summed E-state index contributed by atoms with van der Waals surface area (Å²) in [5, 5.41) is 0. The Morgan fingerprint density at radius 2 is 2.21 bits per heavy atom. The van der Waals surface area contributed by atoms with Crippen LogP contribution in [0.1, 0.15) is 26.7 Å². The number of cyclic esters (lactones) is 1. The molecule has 2 bridgehead atoms. The lowest BCUT2D eigenvalue weighted by molar-refractivity contribution is -0.148. The first-order chi connectivity index (χ1) is 6.53. The number of esters is 1. The second kappa shape index (κ2) is 2.22. The summed E-state index contributed by atoms with van der Waals surface area (Å²) in [4.78, 5) is 11.4. The standard InChI is InChI=1S/C11H14O3/c1-10(2)11(6-9(12)14-10)5-7-3-4-8(11)13-7/h3-4,7-8H,5-6H2,1-2H3. The lowest BCUT2D eigenvalue weighted by Crippen LogP contribution is -2.45. The lowest BCUT2D eigenvalue weighted by Gasteiger charge is -2.38. The molecular weight excluding hydrogens is 180 g/mol. The quantitative estimate of drug-likeness (QED) is 0.432. The highest BCUT2D eigenvalue weighted by molar-refractivity contribution is 5.74. The molecule has 3 unspecified atom stereocenters. The van der Waals surface area contributed by atoms with Crippen LogP contribution in [0, 0.1) is 5.41 Å². The minimum absolute atomic E-state index is 0.0777. The first kappa shape index (κ1) is 8.48. The summed E-state index contributed by atoms with van der Waals surface area (Å²) in [6.45, 7) is 3.99. The number of carbonyl (C=O) groups excluding carboxylic acids is 1. The van der Waals surface area contributed by atoms with Gasteiger partial charge < -0.3 is 9.47 Å². The molecule has 2 saturated heterocycles. The number of hydrogen-bond donors (Lipinski definition) is 0. The molecule has 0 saturated carbocycles. The fraction of sp³-hybridized carbons (Fsp3) is 0.727. The Labute approximate surface area is 83.1 Å². The highest BCUT2D eigenvalue weighted by atomic mass is 16.6. The molecule has 0 amide bonds. The van der Waals surface area contributed by atoms with Crippen LogP contribution >= 0.6 is 0 Å². The van der Waals surface area contributed by atoms with Crippen molar-refractivity contribution in [3.05, 3.63) is 12.2 Å². The molecule has 3 heteroatoms. The van der Waals surface area contributed by atoms with Crippen LogP contribution in [-0.2, 0) is 14.3 Å². The third-order valence-electron chi connectivity index (χ3n) is 3.96. The van der Waals surface area contributed by atoms with Crippen LogP contribution in [0.2, 0.25) is 0 Å². The summed E-state index contributed by atoms with van der Waals surface area (Å²) in [7, 11) is 0. The van der Waals surface area contributed by atoms with E-state index in [1.54, 1.807) is 0 Å². The molecule has 3 rings (SSSR count). The maximum Gasteiger partial charge on any atom is 0.307 e. The monoisotopic (exact) mass is 194 g/mol. The van der Waals surface area contributed by atoms with E-state index in [9.17, 15) is 4.79 Å². The molecule has 0 aliphatic carbocycles. The van der Waals surface area contributed by atoms with Gasteiger partial charge in [0.15, 0.2) is 0 Å². The Morgan fingerprint density at radius 1 is 1.43 bits per heavy atom. The number of fused-ring (bicyclic) bond motifs is 3. The van der Waals surface area contributed by atoms with Gasteiger partial charge in [-0.15, -0.1) is 0 Å². The lowest BCUT2D eigenvalue weighted by atomic mass is 9.66. The molecule has 3 heterocycles. The zero-order valence-electron chi connectivity index (χ0n) is 8.45. The maximum absolute atomic E-state index is 11.4. The third-order valence-corrected chi connectivity index (χ3v) is 3.96. The average Bonchev–Trinajstić information content (AvgIpc) is 2.65. The molecule has 2 fully saturated rings. The molecule has 0 aromatic carbocycles. The molecular formula is C11H14O3. The van der Waals surface area contributed by atoms with Crippen LogP contribution in [0.3, 0.4) is 0 Å². The van der Waals surface area contributed by atoms with Gasteiger partial charge in [0.2, 0.25) is 0 Å². The highest BCUT2D eigenvalue weighted by Crippen LogP contribution is 2.57. The first-order valence-electron chi connectivity index (χ1n) is 5.09. The topological polar surface area (TPSA) is 35.5 Å². The largest absolute Gasteiger partial charge is 0.459 e. The van der Waals surface area contributed by atoms with Crippen molar-refractivity contribution >= 4 is 5.97 Å². The summed E-state index contributed by atoms with van der Waals surface area (Å²) in [6, 6.07) is 0. The maximum atomic E-state index is 11.4. The van der Waals surface area contributed by atoms with Gasteiger partial charge in [-0.05, 0) is 20.3 Å². The molecule has 14 heavy (non-hydrogen) atoms. The Balaban J connectivity index is 2.05. The second-order valence-electron chi connectivity index (χ2n) is 5.00. The van der Waals surface area contributed by atoms with Crippen molar-refractivity contribution in [2.24, 2.45) is 5.41 Å². The van der Waals surface area contributed by atoms with Crippen molar-refractivity contribution in [1.29, 1.82) is 0 Å². The molecule has 1 spiro atoms. The Bertz CT molecular complexity index is 331. The van der Waals surface area contributed by atoms with Gasteiger partial charge in [0.1, 0.15) is 5.60 Å². The Morgan fingerprint density at radius 3 is 2.64 bits per heavy atom. The summed E-state index contributed by atoms with van der Waals surface area (Å²) >= 11 is 0. The van der Waals surface area contributed by atoms with Crippen LogP contribution in [0.15, 0.2) is 12.2 Å². The number of ether oxygens (including phenoxy) is 2. The number of hydrogen-bond acceptors (Lipinski definition) is 3. The van der Waals surface area contributed by atoms with Crippen molar-refractivity contribution in [1.82, 2.24) is 0 Å². The fourth-order valence-electron chi connectivity index (χ4n) is 3.06. The molecule has 0 radical (unpaired) electrons. The molecule has 0 aromatic rings. The number of carbonyl (C=O) groups is 1. The van der Waals surface area contributed by atoms with Crippen molar-refractivity contribution in [3.63, 3.8) is 0 Å². The molecule has 76 valence electrons. The summed E-state index contributed by atoms with van der Waals surface area (Å²) in [5.74, 6) is -0.0837. The van der Waals surface area contributed by atoms with E-state index in [2.05, 4.69) is 12.2 Å². The van der Waals surface area contributed by atoms with Crippen molar-refractivity contribution in [2.45, 2.75) is 44.5 Å². The van der Waals surface area contributed by atoms with Crippen LogP contribution in [-0.4, -0.2) is 23.8 Å². The van der Waals surface area contributed by atoms with Crippen molar-refractivity contribution in [2.75, 3.05) is 0 Å². The van der Waals surface area contributed by atoms with Gasteiger partial charge in [0.05, 0.1) is 24.0 Å². The molecule has 0 N–H and O–H groups in total. The van der Waals surface area contributed by atoms with E-state index in [1.165, 1.54) is 0 Å². The van der Waals surface area contributed by atoms with Gasteiger partial charge in [-0.3, -0.25) is 4.79 Å². The van der Waals surface area contributed by atoms with Crippen molar-refractivity contribution < 1.29 is 14.3 Å². The van der Waals surface area contributed by atoms with Crippen LogP contribution < -0.4 is 0 Å². The summed E-state index contributed by atoms with van der Waals surface area (Å²) < 4.78 is 11.1. The summed E-state index contributed by atoms with van der Waals surface area (Å²) in [6.07, 6.45) is 5.88. The second-order valence-corrected chi connectivity index (χ2v) is 5.00. The number of rotatable bonds is 0. The predicted molar refractivity (Wildman–Crippen MR) is 49.6 cm³/mol.